The summed E-state index contributed by atoms with van der Waals surface area (Å²) in [5.74, 6) is 3.08. The van der Waals surface area contributed by atoms with Crippen LogP contribution in [-0.4, -0.2) is 24.0 Å². The zero-order chi connectivity index (χ0) is 12.4. The monoisotopic (exact) mass is 249 g/mol. The van der Waals surface area contributed by atoms with E-state index in [0.29, 0.717) is 0 Å². The Bertz CT molecular complexity index is 260. The molecule has 0 aromatic rings. The van der Waals surface area contributed by atoms with E-state index in [-0.39, 0.29) is 0 Å². The van der Waals surface area contributed by atoms with Gasteiger partial charge in [0.05, 0.1) is 0 Å². The van der Waals surface area contributed by atoms with Gasteiger partial charge in [0.2, 0.25) is 0 Å². The largest absolute Gasteiger partial charge is 0.300 e. The molecule has 0 N–H and O–H groups in total. The maximum Gasteiger partial charge on any atom is 0.0124 e. The number of nitrogens with zero attached hydrogens (tertiary/aromatic N) is 1. The van der Waals surface area contributed by atoms with Crippen LogP contribution in [0.5, 0.6) is 0 Å². The molecule has 1 heterocycles. The van der Waals surface area contributed by atoms with Crippen LogP contribution >= 0.6 is 0 Å². The molecular formula is C17H31N. The maximum absolute atomic E-state index is 2.91. The smallest absolute Gasteiger partial charge is 0.0124 e. The van der Waals surface area contributed by atoms with Gasteiger partial charge in [0, 0.05) is 12.6 Å². The van der Waals surface area contributed by atoms with Crippen LogP contribution in [0.15, 0.2) is 0 Å². The van der Waals surface area contributed by atoms with Crippen LogP contribution in [0.25, 0.3) is 0 Å². The molecule has 0 aromatic heterocycles. The molecule has 18 heavy (non-hydrogen) atoms. The van der Waals surface area contributed by atoms with Crippen molar-refractivity contribution in [2.24, 2.45) is 17.8 Å². The second-order valence-electron chi connectivity index (χ2n) is 7.39. The summed E-state index contributed by atoms with van der Waals surface area (Å²) in [6, 6.07) is 0.977. The lowest BCUT2D eigenvalue weighted by atomic mass is 9.77. The fourth-order valence-corrected chi connectivity index (χ4v) is 5.01. The van der Waals surface area contributed by atoms with Gasteiger partial charge in [0.1, 0.15) is 0 Å². The molecule has 0 bridgehead atoms. The van der Waals surface area contributed by atoms with Gasteiger partial charge >= 0.3 is 0 Å². The Balaban J connectivity index is 1.57. The first-order valence-electron chi connectivity index (χ1n) is 8.57. The number of hydrogen-bond donors (Lipinski definition) is 0. The van der Waals surface area contributed by atoms with Crippen LogP contribution in [-0.2, 0) is 0 Å². The van der Waals surface area contributed by atoms with Gasteiger partial charge in [0.25, 0.3) is 0 Å². The molecule has 1 aliphatic heterocycles. The number of piperidine rings is 1. The van der Waals surface area contributed by atoms with Gasteiger partial charge in [-0.15, -0.1) is 0 Å². The van der Waals surface area contributed by atoms with E-state index in [0.717, 1.165) is 23.8 Å². The minimum Gasteiger partial charge on any atom is -0.300 e. The van der Waals surface area contributed by atoms with E-state index in [2.05, 4.69) is 11.8 Å². The van der Waals surface area contributed by atoms with Gasteiger partial charge < -0.3 is 0 Å². The molecule has 3 fully saturated rings. The topological polar surface area (TPSA) is 3.24 Å². The van der Waals surface area contributed by atoms with Gasteiger partial charge in [-0.2, -0.15) is 0 Å². The summed E-state index contributed by atoms with van der Waals surface area (Å²) in [4.78, 5) is 2.91. The van der Waals surface area contributed by atoms with E-state index >= 15 is 0 Å². The van der Waals surface area contributed by atoms with Crippen molar-refractivity contribution in [3.05, 3.63) is 0 Å². The molecule has 1 nitrogen and oxygen atoms in total. The van der Waals surface area contributed by atoms with Crippen LogP contribution in [0, 0.1) is 17.8 Å². The molecule has 0 amide bonds. The highest BCUT2D eigenvalue weighted by molar-refractivity contribution is 4.88. The summed E-state index contributed by atoms with van der Waals surface area (Å²) in [5, 5.41) is 0. The molecule has 2 saturated carbocycles. The Morgan fingerprint density at radius 1 is 0.889 bits per heavy atom. The van der Waals surface area contributed by atoms with E-state index in [1.807, 2.05) is 0 Å². The number of rotatable bonds is 2. The highest BCUT2D eigenvalue weighted by atomic mass is 15.2. The lowest BCUT2D eigenvalue weighted by Crippen LogP contribution is -2.48. The molecule has 4 atom stereocenters. The van der Waals surface area contributed by atoms with Crippen LogP contribution < -0.4 is 0 Å². The van der Waals surface area contributed by atoms with Gasteiger partial charge in [-0.25, -0.2) is 0 Å². The highest BCUT2D eigenvalue weighted by Gasteiger charge is 2.34. The quantitative estimate of drug-likeness (QED) is 0.698. The minimum absolute atomic E-state index is 0.977. The summed E-state index contributed by atoms with van der Waals surface area (Å²) in [7, 11) is 0. The third kappa shape index (κ3) is 2.92. The average Bonchev–Trinajstić information content (AvgIpc) is 2.39. The Morgan fingerprint density at radius 2 is 1.72 bits per heavy atom. The Kier molecular flexibility index (Phi) is 4.28. The van der Waals surface area contributed by atoms with Crippen LogP contribution in [0.4, 0.5) is 0 Å². The number of likely N-dealkylation sites (tertiary alicyclic amines) is 1. The van der Waals surface area contributed by atoms with E-state index in [1.54, 1.807) is 0 Å². The number of hydrogen-bond acceptors (Lipinski definition) is 1. The third-order valence-corrected chi connectivity index (χ3v) is 5.90. The molecule has 4 unspecified atom stereocenters. The fourth-order valence-electron chi connectivity index (χ4n) is 5.01. The average molecular weight is 249 g/mol. The molecule has 1 heteroatoms. The predicted molar refractivity (Wildman–Crippen MR) is 77.7 cm³/mol. The van der Waals surface area contributed by atoms with Crippen molar-refractivity contribution < 1.29 is 0 Å². The maximum atomic E-state index is 2.91. The summed E-state index contributed by atoms with van der Waals surface area (Å²) < 4.78 is 0. The lowest BCUT2D eigenvalue weighted by Gasteiger charge is -2.46. The van der Waals surface area contributed by atoms with E-state index in [4.69, 9.17) is 0 Å². The van der Waals surface area contributed by atoms with Crippen LogP contribution in [0.3, 0.4) is 0 Å². The molecule has 3 rings (SSSR count). The fraction of sp³-hybridized carbons (Fsp3) is 1.00. The molecule has 104 valence electrons. The normalized spacial score (nSPS) is 42.5. The van der Waals surface area contributed by atoms with Gasteiger partial charge in [-0.1, -0.05) is 32.6 Å². The molecular weight excluding hydrogens is 218 g/mol. The summed E-state index contributed by atoms with van der Waals surface area (Å²) in [5.41, 5.74) is 0. The van der Waals surface area contributed by atoms with Crippen molar-refractivity contribution in [1.29, 1.82) is 0 Å². The highest BCUT2D eigenvalue weighted by Crippen LogP contribution is 2.37. The minimum atomic E-state index is 0.977. The van der Waals surface area contributed by atoms with Crippen molar-refractivity contribution >= 4 is 0 Å². The van der Waals surface area contributed by atoms with E-state index in [1.165, 1.54) is 77.3 Å². The number of fused-ring (bicyclic) bond motifs is 1. The lowest BCUT2D eigenvalue weighted by molar-refractivity contribution is 0.0396. The second-order valence-corrected chi connectivity index (χ2v) is 7.39. The van der Waals surface area contributed by atoms with Crippen LogP contribution in [0.2, 0.25) is 0 Å². The first kappa shape index (κ1) is 13.0. The molecule has 2 aliphatic carbocycles. The Morgan fingerprint density at radius 3 is 2.61 bits per heavy atom. The first-order valence-corrected chi connectivity index (χ1v) is 8.57. The first-order chi connectivity index (χ1) is 8.83. The van der Waals surface area contributed by atoms with Crippen molar-refractivity contribution in [3.8, 4) is 0 Å². The molecule has 0 radical (unpaired) electrons. The standard InChI is InChI=1S/C17H31N/c1-14-6-4-7-15(12-14)13-18-11-5-9-16-8-2-3-10-17(16)18/h14-17H,2-13H2,1H3. The summed E-state index contributed by atoms with van der Waals surface area (Å²) in [6.07, 6.45) is 15.1. The van der Waals surface area contributed by atoms with Gasteiger partial charge in [-0.05, 0) is 62.8 Å². The summed E-state index contributed by atoms with van der Waals surface area (Å²) >= 11 is 0. The Hall–Kier alpha value is -0.0400. The molecule has 1 saturated heterocycles. The molecule has 0 spiro atoms. The Labute approximate surface area is 113 Å². The molecule has 3 aliphatic rings. The predicted octanol–water partition coefficient (Wildman–Crippen LogP) is 4.47. The van der Waals surface area contributed by atoms with Crippen molar-refractivity contribution in [1.82, 2.24) is 4.90 Å². The summed E-state index contributed by atoms with van der Waals surface area (Å²) in [6.45, 7) is 5.31. The van der Waals surface area contributed by atoms with Crippen molar-refractivity contribution in [2.45, 2.75) is 77.2 Å². The van der Waals surface area contributed by atoms with E-state index < -0.39 is 0 Å². The zero-order valence-corrected chi connectivity index (χ0v) is 12.2. The van der Waals surface area contributed by atoms with Crippen molar-refractivity contribution in [3.63, 3.8) is 0 Å². The van der Waals surface area contributed by atoms with Crippen LogP contribution in [0.1, 0.15) is 71.1 Å². The van der Waals surface area contributed by atoms with Crippen molar-refractivity contribution in [2.75, 3.05) is 13.1 Å². The zero-order valence-electron chi connectivity index (χ0n) is 12.2. The second kappa shape index (κ2) is 5.94. The third-order valence-electron chi connectivity index (χ3n) is 5.90. The van der Waals surface area contributed by atoms with Gasteiger partial charge in [0.15, 0.2) is 0 Å². The molecule has 0 aromatic carbocycles. The SMILES string of the molecule is CC1CCCC(CN2CCCC3CCCCC32)C1. The van der Waals surface area contributed by atoms with Gasteiger partial charge in [-0.3, -0.25) is 4.90 Å². The van der Waals surface area contributed by atoms with E-state index in [9.17, 15) is 0 Å².